The molecule has 0 N–H and O–H groups in total. The van der Waals surface area contributed by atoms with E-state index in [0.717, 1.165) is 28.3 Å². The Balaban J connectivity index is 1.18. The summed E-state index contributed by atoms with van der Waals surface area (Å²) in [6.07, 6.45) is 0. The molecule has 2 aromatic heterocycles. The van der Waals surface area contributed by atoms with Gasteiger partial charge in [-0.25, -0.2) is 0 Å². The van der Waals surface area contributed by atoms with Crippen molar-refractivity contribution in [1.82, 2.24) is 4.57 Å². The highest BCUT2D eigenvalue weighted by Gasteiger charge is 2.23. The summed E-state index contributed by atoms with van der Waals surface area (Å²) in [6, 6.07) is 79.4. The normalized spacial score (nSPS) is 11.5. The highest BCUT2D eigenvalue weighted by Crippen LogP contribution is 2.48. The van der Waals surface area contributed by atoms with Gasteiger partial charge < -0.3 is 9.47 Å². The fraction of sp³-hybridized carbons (Fsp3) is 0. The van der Waals surface area contributed by atoms with E-state index < -0.39 is 0 Å². The molecule has 0 unspecified atom stereocenters. The fourth-order valence-electron chi connectivity index (χ4n) is 8.61. The number of rotatable bonds is 7. The number of thiophene rings is 1. The first kappa shape index (κ1) is 33.2. The SMILES string of the molecule is c1ccc(-c2cccc(-c3ccccc3-n3c4ccccc4c4ccc(N(c5ccccc5-c5ccccc5)c5cccc6c5sc5ccccc56)cc43)c2)cc1. The second-order valence-electron chi connectivity index (χ2n) is 14.5. The summed E-state index contributed by atoms with van der Waals surface area (Å²) in [7, 11) is 0. The Hall–Kier alpha value is -7.20. The summed E-state index contributed by atoms with van der Waals surface area (Å²) in [4.78, 5) is 2.48. The summed E-state index contributed by atoms with van der Waals surface area (Å²) in [5.74, 6) is 0. The molecule has 3 heteroatoms. The molecule has 11 aromatic rings. The van der Waals surface area contributed by atoms with Crippen molar-refractivity contribution < 1.29 is 0 Å². The molecular formula is C54H36N2S. The maximum absolute atomic E-state index is 2.48. The highest BCUT2D eigenvalue weighted by molar-refractivity contribution is 7.26. The quantitative estimate of drug-likeness (QED) is 0.158. The maximum Gasteiger partial charge on any atom is 0.0640 e. The number of para-hydroxylation sites is 3. The van der Waals surface area contributed by atoms with E-state index in [1.165, 1.54) is 69.8 Å². The van der Waals surface area contributed by atoms with E-state index in [0.29, 0.717) is 0 Å². The molecule has 0 aliphatic rings. The number of anilines is 3. The second-order valence-corrected chi connectivity index (χ2v) is 15.5. The minimum atomic E-state index is 1.10. The van der Waals surface area contributed by atoms with Gasteiger partial charge in [0.2, 0.25) is 0 Å². The van der Waals surface area contributed by atoms with Crippen LogP contribution in [0.25, 0.3) is 81.0 Å². The van der Waals surface area contributed by atoms with E-state index >= 15 is 0 Å². The van der Waals surface area contributed by atoms with Crippen LogP contribution in [0, 0.1) is 0 Å². The van der Waals surface area contributed by atoms with E-state index in [1.54, 1.807) is 0 Å². The molecule has 0 amide bonds. The van der Waals surface area contributed by atoms with Crippen LogP contribution in [0.2, 0.25) is 0 Å². The maximum atomic E-state index is 2.48. The molecular weight excluding hydrogens is 709 g/mol. The van der Waals surface area contributed by atoms with Crippen LogP contribution in [-0.2, 0) is 0 Å². The third kappa shape index (κ3) is 5.63. The molecule has 0 fully saturated rings. The van der Waals surface area contributed by atoms with Gasteiger partial charge in [0.15, 0.2) is 0 Å². The summed E-state index contributed by atoms with van der Waals surface area (Å²) in [5, 5.41) is 5.02. The second kappa shape index (κ2) is 13.8. The van der Waals surface area contributed by atoms with Gasteiger partial charge in [0.1, 0.15) is 0 Å². The van der Waals surface area contributed by atoms with Crippen LogP contribution < -0.4 is 4.90 Å². The molecule has 2 heterocycles. The van der Waals surface area contributed by atoms with Crippen molar-refractivity contribution in [2.75, 3.05) is 4.90 Å². The van der Waals surface area contributed by atoms with E-state index in [2.05, 4.69) is 228 Å². The van der Waals surface area contributed by atoms with E-state index in [9.17, 15) is 0 Å². The van der Waals surface area contributed by atoms with E-state index in [4.69, 9.17) is 0 Å². The molecule has 2 nitrogen and oxygen atoms in total. The van der Waals surface area contributed by atoms with Gasteiger partial charge in [-0.05, 0) is 70.8 Å². The van der Waals surface area contributed by atoms with Gasteiger partial charge in [0, 0.05) is 43.1 Å². The molecule has 9 aromatic carbocycles. The Morgan fingerprint density at radius 3 is 1.81 bits per heavy atom. The lowest BCUT2D eigenvalue weighted by Gasteiger charge is -2.28. The average molecular weight is 745 g/mol. The van der Waals surface area contributed by atoms with Crippen LogP contribution in [0.4, 0.5) is 17.1 Å². The first-order chi connectivity index (χ1) is 28.3. The van der Waals surface area contributed by atoms with Crippen LogP contribution in [0.1, 0.15) is 0 Å². The topological polar surface area (TPSA) is 8.17 Å². The largest absolute Gasteiger partial charge is 0.309 e. The molecule has 0 saturated heterocycles. The van der Waals surface area contributed by atoms with Gasteiger partial charge in [-0.2, -0.15) is 0 Å². The molecule has 0 atom stereocenters. The third-order valence-corrected chi connectivity index (χ3v) is 12.4. The van der Waals surface area contributed by atoms with Crippen molar-refractivity contribution in [1.29, 1.82) is 0 Å². The molecule has 0 bridgehead atoms. The van der Waals surface area contributed by atoms with Crippen molar-refractivity contribution in [3.8, 4) is 39.1 Å². The molecule has 57 heavy (non-hydrogen) atoms. The summed E-state index contributed by atoms with van der Waals surface area (Å²) in [5.41, 5.74) is 14.0. The monoisotopic (exact) mass is 744 g/mol. The van der Waals surface area contributed by atoms with Gasteiger partial charge in [-0.1, -0.05) is 170 Å². The predicted octanol–water partition coefficient (Wildman–Crippen LogP) is 15.6. The van der Waals surface area contributed by atoms with Crippen molar-refractivity contribution >= 4 is 70.4 Å². The zero-order valence-corrected chi connectivity index (χ0v) is 31.9. The number of nitrogens with zero attached hydrogens (tertiary/aromatic N) is 2. The molecule has 0 saturated carbocycles. The molecule has 0 radical (unpaired) electrons. The van der Waals surface area contributed by atoms with E-state index in [1.807, 2.05) is 11.3 Å². The zero-order valence-electron chi connectivity index (χ0n) is 31.1. The van der Waals surface area contributed by atoms with Gasteiger partial charge in [-0.15, -0.1) is 11.3 Å². The third-order valence-electron chi connectivity index (χ3n) is 11.2. The van der Waals surface area contributed by atoms with Crippen molar-refractivity contribution in [2.45, 2.75) is 0 Å². The number of fused-ring (bicyclic) bond motifs is 6. The first-order valence-corrected chi connectivity index (χ1v) is 20.3. The van der Waals surface area contributed by atoms with Crippen LogP contribution >= 0.6 is 11.3 Å². The Morgan fingerprint density at radius 1 is 0.351 bits per heavy atom. The van der Waals surface area contributed by atoms with Crippen molar-refractivity contribution in [3.05, 3.63) is 218 Å². The Bertz CT molecular complexity index is 3250. The summed E-state index contributed by atoms with van der Waals surface area (Å²) in [6.45, 7) is 0. The Morgan fingerprint density at radius 2 is 0.947 bits per heavy atom. The lowest BCUT2D eigenvalue weighted by atomic mass is 9.98. The molecule has 268 valence electrons. The number of hydrogen-bond acceptors (Lipinski definition) is 2. The van der Waals surface area contributed by atoms with Gasteiger partial charge >= 0.3 is 0 Å². The van der Waals surface area contributed by atoms with Gasteiger partial charge in [0.05, 0.1) is 32.8 Å². The lowest BCUT2D eigenvalue weighted by molar-refractivity contribution is 1.18. The number of hydrogen-bond donors (Lipinski definition) is 0. The standard InChI is InChI=1S/C54H36N2S/c1-3-17-37(18-4-1)39-21-15-22-40(35-39)43-24-8-12-29-49(43)56-50-30-13-9-25-44(50)45-34-33-41(36-52(45)56)55(48-28-11-7-23-42(48)38-19-5-2-6-20-38)51-31-16-27-47-46-26-10-14-32-53(46)57-54(47)51/h1-36H. The summed E-state index contributed by atoms with van der Waals surface area (Å²) >= 11 is 1.87. The Labute approximate surface area is 335 Å². The van der Waals surface area contributed by atoms with Gasteiger partial charge in [-0.3, -0.25) is 0 Å². The van der Waals surface area contributed by atoms with Crippen LogP contribution in [-0.4, -0.2) is 4.57 Å². The average Bonchev–Trinajstić information content (AvgIpc) is 3.83. The molecule has 11 rings (SSSR count). The van der Waals surface area contributed by atoms with Crippen LogP contribution in [0.15, 0.2) is 218 Å². The van der Waals surface area contributed by atoms with Gasteiger partial charge in [0.25, 0.3) is 0 Å². The van der Waals surface area contributed by atoms with E-state index in [-0.39, 0.29) is 0 Å². The highest BCUT2D eigenvalue weighted by atomic mass is 32.1. The fourth-order valence-corrected chi connectivity index (χ4v) is 9.82. The zero-order chi connectivity index (χ0) is 37.7. The smallest absolute Gasteiger partial charge is 0.0640 e. The van der Waals surface area contributed by atoms with Crippen molar-refractivity contribution in [3.63, 3.8) is 0 Å². The molecule has 0 aliphatic carbocycles. The predicted molar refractivity (Wildman–Crippen MR) is 245 cm³/mol. The lowest BCUT2D eigenvalue weighted by Crippen LogP contribution is -2.11. The molecule has 0 spiro atoms. The van der Waals surface area contributed by atoms with Crippen molar-refractivity contribution in [2.24, 2.45) is 0 Å². The van der Waals surface area contributed by atoms with Crippen LogP contribution in [0.5, 0.6) is 0 Å². The number of benzene rings is 9. The minimum absolute atomic E-state index is 1.10. The minimum Gasteiger partial charge on any atom is -0.309 e. The molecule has 0 aliphatic heterocycles. The van der Waals surface area contributed by atoms with Crippen LogP contribution in [0.3, 0.4) is 0 Å². The Kier molecular flexibility index (Phi) is 8.04. The number of aromatic nitrogens is 1. The first-order valence-electron chi connectivity index (χ1n) is 19.4. The summed E-state index contributed by atoms with van der Waals surface area (Å²) < 4.78 is 5.03.